The van der Waals surface area contributed by atoms with Gasteiger partial charge in [0.25, 0.3) is 0 Å². The summed E-state index contributed by atoms with van der Waals surface area (Å²) < 4.78 is 0. The predicted molar refractivity (Wildman–Crippen MR) is 91.1 cm³/mol. The molecule has 0 fully saturated rings. The Labute approximate surface area is 138 Å². The summed E-state index contributed by atoms with van der Waals surface area (Å²) in [5, 5.41) is 12.2. The molecule has 0 aliphatic carbocycles. The van der Waals surface area contributed by atoms with Gasteiger partial charge >= 0.3 is 5.97 Å². The van der Waals surface area contributed by atoms with E-state index in [-0.39, 0.29) is 13.1 Å². The van der Waals surface area contributed by atoms with Gasteiger partial charge in [-0.15, -0.1) is 0 Å². The lowest BCUT2D eigenvalue weighted by Gasteiger charge is -2.08. The second-order valence-corrected chi connectivity index (χ2v) is 5.43. The highest BCUT2D eigenvalue weighted by molar-refractivity contribution is 6.31. The number of carboxylic acids is 1. The first kappa shape index (κ1) is 15.2. The average Bonchev–Trinajstić information content (AvgIpc) is 2.73. The van der Waals surface area contributed by atoms with E-state index in [9.17, 15) is 4.79 Å². The number of nitrogens with one attached hydrogen (secondary N) is 1. The zero-order valence-electron chi connectivity index (χ0n) is 12.2. The summed E-state index contributed by atoms with van der Waals surface area (Å²) in [7, 11) is 0. The van der Waals surface area contributed by atoms with Gasteiger partial charge in [-0.3, -0.25) is 9.79 Å². The lowest BCUT2D eigenvalue weighted by molar-refractivity contribution is -0.135. The molecule has 23 heavy (non-hydrogen) atoms. The SMILES string of the molecule is O=C(O)CNC1=Nc2ccc(Cl)cc2C(c2ccccc2)=NC1. The van der Waals surface area contributed by atoms with Crippen molar-refractivity contribution >= 4 is 34.8 Å². The van der Waals surface area contributed by atoms with Crippen LogP contribution in [0.4, 0.5) is 5.69 Å². The van der Waals surface area contributed by atoms with Crippen molar-refractivity contribution in [2.24, 2.45) is 9.98 Å². The van der Waals surface area contributed by atoms with E-state index in [0.717, 1.165) is 16.8 Å². The van der Waals surface area contributed by atoms with Crippen molar-refractivity contribution in [3.63, 3.8) is 0 Å². The van der Waals surface area contributed by atoms with Crippen molar-refractivity contribution in [2.75, 3.05) is 13.1 Å². The van der Waals surface area contributed by atoms with Gasteiger partial charge in [0.2, 0.25) is 0 Å². The van der Waals surface area contributed by atoms with Gasteiger partial charge in [0.05, 0.1) is 17.9 Å². The second-order valence-electron chi connectivity index (χ2n) is 5.00. The summed E-state index contributed by atoms with van der Waals surface area (Å²) >= 11 is 6.13. The number of hydrogen-bond acceptors (Lipinski definition) is 4. The van der Waals surface area contributed by atoms with Gasteiger partial charge in [-0.25, -0.2) is 4.99 Å². The van der Waals surface area contributed by atoms with E-state index >= 15 is 0 Å². The number of carboxylic acid groups (broad SMARTS) is 1. The van der Waals surface area contributed by atoms with Crippen LogP contribution in [-0.2, 0) is 4.79 Å². The fraction of sp³-hybridized carbons (Fsp3) is 0.118. The Hall–Kier alpha value is -2.66. The van der Waals surface area contributed by atoms with Crippen LogP contribution in [-0.4, -0.2) is 35.7 Å². The minimum absolute atomic E-state index is 0.196. The largest absolute Gasteiger partial charge is 0.480 e. The molecule has 0 unspecified atom stereocenters. The van der Waals surface area contributed by atoms with E-state index in [1.807, 2.05) is 42.5 Å². The molecule has 0 saturated carbocycles. The molecular weight excluding hydrogens is 314 g/mol. The Balaban J connectivity index is 2.05. The molecule has 0 atom stereocenters. The molecule has 1 aliphatic rings. The van der Waals surface area contributed by atoms with Crippen LogP contribution in [0.15, 0.2) is 58.5 Å². The van der Waals surface area contributed by atoms with Gasteiger partial charge in [-0.05, 0) is 18.2 Å². The Morgan fingerprint density at radius 2 is 2.00 bits per heavy atom. The van der Waals surface area contributed by atoms with E-state index in [2.05, 4.69) is 15.3 Å². The minimum Gasteiger partial charge on any atom is -0.480 e. The number of nitrogens with zero attached hydrogens (tertiary/aromatic N) is 2. The molecule has 0 aromatic heterocycles. The van der Waals surface area contributed by atoms with Gasteiger partial charge in [0.1, 0.15) is 12.4 Å². The average molecular weight is 328 g/mol. The minimum atomic E-state index is -0.944. The molecule has 2 N–H and O–H groups in total. The normalized spacial score (nSPS) is 13.4. The topological polar surface area (TPSA) is 74.0 Å². The van der Waals surface area contributed by atoms with Crippen LogP contribution < -0.4 is 5.32 Å². The first-order valence-corrected chi connectivity index (χ1v) is 7.44. The third-order valence-electron chi connectivity index (χ3n) is 3.35. The molecule has 6 heteroatoms. The molecule has 0 radical (unpaired) electrons. The second kappa shape index (κ2) is 6.62. The number of aliphatic carboxylic acids is 1. The molecule has 5 nitrogen and oxygen atoms in total. The van der Waals surface area contributed by atoms with Crippen LogP contribution in [0.2, 0.25) is 5.02 Å². The zero-order chi connectivity index (χ0) is 16.2. The highest BCUT2D eigenvalue weighted by Crippen LogP contribution is 2.28. The van der Waals surface area contributed by atoms with Crippen molar-refractivity contribution in [1.29, 1.82) is 0 Å². The molecule has 0 spiro atoms. The molecule has 0 saturated heterocycles. The van der Waals surface area contributed by atoms with E-state index in [1.165, 1.54) is 0 Å². The molecule has 0 amide bonds. The summed E-state index contributed by atoms with van der Waals surface area (Å²) in [6, 6.07) is 15.2. The molecule has 116 valence electrons. The maximum absolute atomic E-state index is 10.7. The molecule has 1 heterocycles. The van der Waals surface area contributed by atoms with Crippen molar-refractivity contribution in [2.45, 2.75) is 0 Å². The summed E-state index contributed by atoms with van der Waals surface area (Å²) in [6.07, 6.45) is 0. The maximum Gasteiger partial charge on any atom is 0.322 e. The predicted octanol–water partition coefficient (Wildman–Crippen LogP) is 2.90. The van der Waals surface area contributed by atoms with Crippen LogP contribution in [0, 0.1) is 0 Å². The first-order valence-electron chi connectivity index (χ1n) is 7.06. The Kier molecular flexibility index (Phi) is 4.39. The van der Waals surface area contributed by atoms with E-state index in [4.69, 9.17) is 16.7 Å². The third-order valence-corrected chi connectivity index (χ3v) is 3.58. The highest BCUT2D eigenvalue weighted by atomic mass is 35.5. The molecular formula is C17H14ClN3O2. The number of benzene rings is 2. The fourth-order valence-electron chi connectivity index (χ4n) is 2.33. The Bertz CT molecular complexity index is 801. The van der Waals surface area contributed by atoms with Gasteiger partial charge in [-0.2, -0.15) is 0 Å². The van der Waals surface area contributed by atoms with Gasteiger partial charge in [-0.1, -0.05) is 41.9 Å². The van der Waals surface area contributed by atoms with Crippen LogP contribution in [0.25, 0.3) is 0 Å². The summed E-state index contributed by atoms with van der Waals surface area (Å²) in [5.41, 5.74) is 3.29. The third kappa shape index (κ3) is 3.57. The number of aliphatic imine (C=N–C) groups is 2. The number of carbonyl (C=O) groups is 1. The quantitative estimate of drug-likeness (QED) is 0.910. The van der Waals surface area contributed by atoms with Gasteiger partial charge < -0.3 is 10.4 Å². The number of halogens is 1. The van der Waals surface area contributed by atoms with Crippen LogP contribution >= 0.6 is 11.6 Å². The Morgan fingerprint density at radius 3 is 2.74 bits per heavy atom. The van der Waals surface area contributed by atoms with Crippen molar-refractivity contribution in [3.05, 3.63) is 64.7 Å². The zero-order valence-corrected chi connectivity index (χ0v) is 12.9. The van der Waals surface area contributed by atoms with Crippen LogP contribution in [0.5, 0.6) is 0 Å². The summed E-state index contributed by atoms with van der Waals surface area (Å²) in [5.74, 6) is -0.428. The standard InChI is InChI=1S/C17H14ClN3O2/c18-12-6-7-14-13(8-12)17(11-4-2-1-3-5-11)20-9-15(21-14)19-10-16(22)23/h1-8H,9-10H2,(H,19,21)(H,22,23). The number of amidine groups is 1. The summed E-state index contributed by atoms with van der Waals surface area (Å²) in [6.45, 7) is 0.0851. The molecule has 0 bridgehead atoms. The summed E-state index contributed by atoms with van der Waals surface area (Å²) in [4.78, 5) is 19.8. The lowest BCUT2D eigenvalue weighted by atomic mass is 10.0. The van der Waals surface area contributed by atoms with Crippen molar-refractivity contribution in [3.8, 4) is 0 Å². The van der Waals surface area contributed by atoms with Gasteiger partial charge in [0, 0.05) is 16.1 Å². The Morgan fingerprint density at radius 1 is 1.22 bits per heavy atom. The van der Waals surface area contributed by atoms with Crippen LogP contribution in [0.1, 0.15) is 11.1 Å². The molecule has 3 rings (SSSR count). The first-order chi connectivity index (χ1) is 11.1. The molecule has 2 aromatic carbocycles. The monoisotopic (exact) mass is 327 g/mol. The van der Waals surface area contributed by atoms with Crippen LogP contribution in [0.3, 0.4) is 0 Å². The number of rotatable bonds is 3. The van der Waals surface area contributed by atoms with Crippen molar-refractivity contribution in [1.82, 2.24) is 5.32 Å². The smallest absolute Gasteiger partial charge is 0.322 e. The van der Waals surface area contributed by atoms with E-state index in [1.54, 1.807) is 6.07 Å². The fourth-order valence-corrected chi connectivity index (χ4v) is 2.50. The number of hydrogen-bond donors (Lipinski definition) is 2. The maximum atomic E-state index is 10.7. The molecule has 2 aromatic rings. The van der Waals surface area contributed by atoms with E-state index in [0.29, 0.717) is 16.5 Å². The molecule has 1 aliphatic heterocycles. The highest BCUT2D eigenvalue weighted by Gasteiger charge is 2.16. The lowest BCUT2D eigenvalue weighted by Crippen LogP contribution is -2.31. The van der Waals surface area contributed by atoms with Crippen molar-refractivity contribution < 1.29 is 9.90 Å². The van der Waals surface area contributed by atoms with Gasteiger partial charge in [0.15, 0.2) is 0 Å². The number of fused-ring (bicyclic) bond motifs is 1. The van der Waals surface area contributed by atoms with E-state index < -0.39 is 5.97 Å².